The molecule has 4 rings (SSSR count). The molecule has 1 N–H and O–H groups in total. The van der Waals surface area contributed by atoms with Crippen LogP contribution in [0.2, 0.25) is 0 Å². The van der Waals surface area contributed by atoms with Gasteiger partial charge in [0, 0.05) is 25.0 Å². The minimum absolute atomic E-state index is 0.0686. The summed E-state index contributed by atoms with van der Waals surface area (Å²) in [4.78, 5) is 17.5. The highest BCUT2D eigenvalue weighted by atomic mass is 16.2. The molecule has 1 aromatic carbocycles. The van der Waals surface area contributed by atoms with Crippen molar-refractivity contribution >= 4 is 5.91 Å². The van der Waals surface area contributed by atoms with Gasteiger partial charge in [0.25, 0.3) is 5.91 Å². The van der Waals surface area contributed by atoms with Crippen LogP contribution < -0.4 is 5.32 Å². The number of hydrogen-bond donors (Lipinski definition) is 1. The van der Waals surface area contributed by atoms with Crippen molar-refractivity contribution in [3.63, 3.8) is 0 Å². The average Bonchev–Trinajstić information content (AvgIpc) is 3.04. The third kappa shape index (κ3) is 3.44. The molecule has 2 aromatic heterocycles. The van der Waals surface area contributed by atoms with Gasteiger partial charge in [0.05, 0.1) is 11.7 Å². The molecule has 0 saturated carbocycles. The number of rotatable bonds is 4. The summed E-state index contributed by atoms with van der Waals surface area (Å²) in [5, 5.41) is 7.89. The highest BCUT2D eigenvalue weighted by Gasteiger charge is 2.27. The summed E-state index contributed by atoms with van der Waals surface area (Å²) in [6.45, 7) is 4.16. The van der Waals surface area contributed by atoms with Gasteiger partial charge in [-0.2, -0.15) is 5.10 Å². The lowest BCUT2D eigenvalue weighted by Crippen LogP contribution is -2.32. The van der Waals surface area contributed by atoms with Gasteiger partial charge in [0.2, 0.25) is 0 Å². The Labute approximate surface area is 165 Å². The number of fused-ring (bicyclic) bond motifs is 1. The summed E-state index contributed by atoms with van der Waals surface area (Å²) in [5.74, 6) is -0.0686. The van der Waals surface area contributed by atoms with Crippen LogP contribution in [0.15, 0.2) is 42.7 Å². The van der Waals surface area contributed by atoms with E-state index in [4.69, 9.17) is 0 Å². The molecule has 1 aliphatic rings. The monoisotopic (exact) mass is 374 g/mol. The van der Waals surface area contributed by atoms with E-state index in [0.29, 0.717) is 5.69 Å². The first-order valence-corrected chi connectivity index (χ1v) is 9.87. The summed E-state index contributed by atoms with van der Waals surface area (Å²) in [6, 6.07) is 10.1. The fraction of sp³-hybridized carbons (Fsp3) is 0.348. The van der Waals surface area contributed by atoms with E-state index in [1.54, 1.807) is 17.1 Å². The van der Waals surface area contributed by atoms with E-state index >= 15 is 0 Å². The van der Waals surface area contributed by atoms with Gasteiger partial charge in [-0.1, -0.05) is 23.8 Å². The number of carbonyl (C=O) groups is 1. The van der Waals surface area contributed by atoms with Gasteiger partial charge in [0.1, 0.15) is 5.69 Å². The zero-order chi connectivity index (χ0) is 19.7. The molecule has 5 nitrogen and oxygen atoms in total. The summed E-state index contributed by atoms with van der Waals surface area (Å²) in [7, 11) is 1.87. The molecule has 5 heteroatoms. The van der Waals surface area contributed by atoms with Crippen molar-refractivity contribution in [2.45, 2.75) is 45.6 Å². The predicted octanol–water partition coefficient (Wildman–Crippen LogP) is 3.83. The summed E-state index contributed by atoms with van der Waals surface area (Å²) in [5.41, 5.74) is 7.33. The lowest BCUT2D eigenvalue weighted by Gasteiger charge is -2.22. The highest BCUT2D eigenvalue weighted by Crippen LogP contribution is 2.28. The first-order valence-electron chi connectivity index (χ1n) is 9.87. The van der Waals surface area contributed by atoms with Crippen LogP contribution in [0.4, 0.5) is 0 Å². The number of amides is 1. The van der Waals surface area contributed by atoms with Crippen LogP contribution in [0.5, 0.6) is 0 Å². The smallest absolute Gasteiger partial charge is 0.270 e. The van der Waals surface area contributed by atoms with Crippen molar-refractivity contribution in [1.29, 1.82) is 0 Å². The summed E-state index contributed by atoms with van der Waals surface area (Å²) < 4.78 is 1.75. The second-order valence-electron chi connectivity index (χ2n) is 7.65. The Morgan fingerprint density at radius 2 is 1.86 bits per heavy atom. The number of aryl methyl sites for hydroxylation is 4. The standard InChI is InChI=1S/C23H26N4O/c1-15-8-9-16(2)19(14-15)21(17-10-12-24-13-11-17)25-23(28)22-18-6-4-5-7-20(18)26-27(22)3/h8-14,21H,4-7H2,1-3H3,(H,25,28)/t21-/m1/s1. The van der Waals surface area contributed by atoms with E-state index in [2.05, 4.69) is 47.4 Å². The van der Waals surface area contributed by atoms with Crippen LogP contribution in [-0.2, 0) is 19.9 Å². The Morgan fingerprint density at radius 1 is 1.11 bits per heavy atom. The SMILES string of the molecule is Cc1ccc(C)c([C@H](NC(=O)c2c3c(nn2C)CCCC3)c2ccncc2)c1. The van der Waals surface area contributed by atoms with E-state index in [0.717, 1.165) is 53.6 Å². The summed E-state index contributed by atoms with van der Waals surface area (Å²) >= 11 is 0. The molecule has 1 aliphatic carbocycles. The maximum atomic E-state index is 13.4. The second-order valence-corrected chi connectivity index (χ2v) is 7.65. The first kappa shape index (κ1) is 18.4. The molecule has 0 saturated heterocycles. The van der Waals surface area contributed by atoms with Gasteiger partial charge in [-0.15, -0.1) is 0 Å². The number of nitrogens with one attached hydrogen (secondary N) is 1. The van der Waals surface area contributed by atoms with Gasteiger partial charge in [-0.3, -0.25) is 14.5 Å². The number of pyridine rings is 1. The Hall–Kier alpha value is -2.95. The molecule has 144 valence electrons. The van der Waals surface area contributed by atoms with Crippen LogP contribution in [0.1, 0.15) is 62.9 Å². The van der Waals surface area contributed by atoms with Crippen molar-refractivity contribution in [3.05, 3.63) is 81.9 Å². The van der Waals surface area contributed by atoms with Crippen molar-refractivity contribution < 1.29 is 4.79 Å². The van der Waals surface area contributed by atoms with Crippen LogP contribution in [0.25, 0.3) is 0 Å². The van der Waals surface area contributed by atoms with Crippen molar-refractivity contribution in [2.24, 2.45) is 7.05 Å². The van der Waals surface area contributed by atoms with Crippen LogP contribution in [0.3, 0.4) is 0 Å². The van der Waals surface area contributed by atoms with Gasteiger partial charge in [-0.25, -0.2) is 0 Å². The number of carbonyl (C=O) groups excluding carboxylic acids is 1. The molecule has 28 heavy (non-hydrogen) atoms. The first-order chi connectivity index (χ1) is 13.5. The fourth-order valence-corrected chi connectivity index (χ4v) is 4.13. The minimum atomic E-state index is -0.232. The second kappa shape index (κ2) is 7.58. The predicted molar refractivity (Wildman–Crippen MR) is 109 cm³/mol. The van der Waals surface area contributed by atoms with E-state index in [9.17, 15) is 4.79 Å². The van der Waals surface area contributed by atoms with E-state index in [1.807, 2.05) is 19.2 Å². The average molecular weight is 374 g/mol. The third-order valence-corrected chi connectivity index (χ3v) is 5.59. The number of hydrogen-bond acceptors (Lipinski definition) is 3. The van der Waals surface area contributed by atoms with Gasteiger partial charge >= 0.3 is 0 Å². The summed E-state index contributed by atoms with van der Waals surface area (Å²) in [6.07, 6.45) is 7.69. The normalized spacial score (nSPS) is 14.4. The van der Waals surface area contributed by atoms with Crippen molar-refractivity contribution in [2.75, 3.05) is 0 Å². The lowest BCUT2D eigenvalue weighted by molar-refractivity contribution is 0.0932. The number of nitrogens with zero attached hydrogens (tertiary/aromatic N) is 3. The Kier molecular flexibility index (Phi) is 4.99. The molecular formula is C23H26N4O. The Morgan fingerprint density at radius 3 is 2.64 bits per heavy atom. The zero-order valence-electron chi connectivity index (χ0n) is 16.7. The number of benzene rings is 1. The van der Waals surface area contributed by atoms with Crippen molar-refractivity contribution in [3.8, 4) is 0 Å². The van der Waals surface area contributed by atoms with Gasteiger partial charge < -0.3 is 5.32 Å². The van der Waals surface area contributed by atoms with E-state index < -0.39 is 0 Å². The van der Waals surface area contributed by atoms with Gasteiger partial charge in [-0.05, 0) is 68.4 Å². The molecule has 0 unspecified atom stereocenters. The zero-order valence-corrected chi connectivity index (χ0v) is 16.7. The molecule has 1 amide bonds. The third-order valence-electron chi connectivity index (χ3n) is 5.59. The molecule has 3 aromatic rings. The quantitative estimate of drug-likeness (QED) is 0.755. The number of aromatic nitrogens is 3. The molecule has 0 radical (unpaired) electrons. The van der Waals surface area contributed by atoms with E-state index in [-0.39, 0.29) is 11.9 Å². The van der Waals surface area contributed by atoms with E-state index in [1.165, 1.54) is 5.56 Å². The molecule has 1 atom stereocenters. The minimum Gasteiger partial charge on any atom is -0.340 e. The maximum Gasteiger partial charge on any atom is 0.270 e. The van der Waals surface area contributed by atoms with Crippen molar-refractivity contribution in [1.82, 2.24) is 20.1 Å². The molecular weight excluding hydrogens is 348 g/mol. The molecule has 2 heterocycles. The van der Waals surface area contributed by atoms with Crippen LogP contribution in [-0.4, -0.2) is 20.7 Å². The lowest BCUT2D eigenvalue weighted by atomic mass is 9.93. The Bertz CT molecular complexity index is 1010. The fourth-order valence-electron chi connectivity index (χ4n) is 4.13. The topological polar surface area (TPSA) is 59.8 Å². The molecule has 0 bridgehead atoms. The molecule has 0 fully saturated rings. The Balaban J connectivity index is 1.74. The van der Waals surface area contributed by atoms with Gasteiger partial charge in [0.15, 0.2) is 0 Å². The van der Waals surface area contributed by atoms with Crippen LogP contribution in [0, 0.1) is 13.8 Å². The highest BCUT2D eigenvalue weighted by molar-refractivity contribution is 5.95. The maximum absolute atomic E-state index is 13.4. The largest absolute Gasteiger partial charge is 0.340 e. The molecule has 0 aliphatic heterocycles. The molecule has 0 spiro atoms. The van der Waals surface area contributed by atoms with Crippen LogP contribution >= 0.6 is 0 Å².